The Kier molecular flexibility index (Phi) is 7.12. The van der Waals surface area contributed by atoms with E-state index in [0.717, 1.165) is 43.8 Å². The maximum Gasteiger partial charge on any atom is 0.321 e. The number of Topliss-reactive ketones (excluding diaryl/α,β-unsaturated/α-hetero) is 1. The van der Waals surface area contributed by atoms with Crippen molar-refractivity contribution in [1.82, 2.24) is 14.9 Å². The molecule has 0 spiro atoms. The first kappa shape index (κ1) is 22.0. The van der Waals surface area contributed by atoms with Crippen molar-refractivity contribution < 1.29 is 14.3 Å². The summed E-state index contributed by atoms with van der Waals surface area (Å²) in [6.45, 7) is 6.55. The number of hydrogen-bond acceptors (Lipinski definition) is 6. The van der Waals surface area contributed by atoms with Crippen molar-refractivity contribution in [1.29, 1.82) is 0 Å². The van der Waals surface area contributed by atoms with Gasteiger partial charge in [-0.2, -0.15) is 0 Å². The normalized spacial score (nSPS) is 16.7. The first-order chi connectivity index (χ1) is 15.6. The van der Waals surface area contributed by atoms with E-state index in [4.69, 9.17) is 9.47 Å². The molecule has 0 aliphatic carbocycles. The molecule has 1 atom stereocenters. The van der Waals surface area contributed by atoms with Crippen molar-refractivity contribution in [2.24, 2.45) is 5.92 Å². The summed E-state index contributed by atoms with van der Waals surface area (Å²) in [6, 6.07) is 17.6. The summed E-state index contributed by atoms with van der Waals surface area (Å²) in [6.07, 6.45) is 5.33. The average molecular weight is 432 g/mol. The molecule has 3 aromatic rings. The molecule has 6 heteroatoms. The molecule has 1 aliphatic heterocycles. The highest BCUT2D eigenvalue weighted by molar-refractivity contribution is 5.98. The van der Waals surface area contributed by atoms with Crippen LogP contribution < -0.4 is 9.47 Å². The minimum Gasteiger partial charge on any atom is -0.491 e. The smallest absolute Gasteiger partial charge is 0.321 e. The third-order valence-electron chi connectivity index (χ3n) is 5.45. The van der Waals surface area contributed by atoms with Gasteiger partial charge in [0.1, 0.15) is 11.5 Å². The topological polar surface area (TPSA) is 64.5 Å². The predicted molar refractivity (Wildman–Crippen MR) is 123 cm³/mol. The third-order valence-corrected chi connectivity index (χ3v) is 5.45. The summed E-state index contributed by atoms with van der Waals surface area (Å²) >= 11 is 0. The number of rotatable bonds is 8. The van der Waals surface area contributed by atoms with Crippen molar-refractivity contribution in [2.45, 2.75) is 39.3 Å². The van der Waals surface area contributed by atoms with Gasteiger partial charge in [-0.1, -0.05) is 24.3 Å². The van der Waals surface area contributed by atoms with Crippen molar-refractivity contribution >= 4 is 5.78 Å². The van der Waals surface area contributed by atoms with Gasteiger partial charge in [0, 0.05) is 37.0 Å². The standard InChI is InChI=1S/C26H29N3O3/c1-19(2)31-24-8-3-6-21(16-24)25(30)22-7-4-15-29(18-22)17-20-9-11-23(12-10-20)32-26-27-13-5-14-28-26/h3,5-6,8-14,16,19,22H,4,7,15,17-18H2,1-2H3/t22-/m1/s1. The molecule has 0 unspecified atom stereocenters. The molecule has 2 aromatic carbocycles. The predicted octanol–water partition coefficient (Wildman–Crippen LogP) is 5.15. The number of hydrogen-bond donors (Lipinski definition) is 0. The molecular formula is C26H29N3O3. The van der Waals surface area contributed by atoms with Crippen molar-refractivity contribution in [3.8, 4) is 17.5 Å². The van der Waals surface area contributed by atoms with Gasteiger partial charge < -0.3 is 9.47 Å². The van der Waals surface area contributed by atoms with Crippen LogP contribution in [-0.2, 0) is 6.54 Å². The van der Waals surface area contributed by atoms with Gasteiger partial charge in [0.2, 0.25) is 0 Å². The lowest BCUT2D eigenvalue weighted by Gasteiger charge is -2.32. The number of benzene rings is 2. The fraction of sp³-hybridized carbons (Fsp3) is 0.346. The van der Waals surface area contributed by atoms with Crippen LogP contribution in [0.4, 0.5) is 0 Å². The Morgan fingerprint density at radius 1 is 1.06 bits per heavy atom. The largest absolute Gasteiger partial charge is 0.491 e. The Bertz CT molecular complexity index is 1020. The lowest BCUT2D eigenvalue weighted by atomic mass is 9.89. The Morgan fingerprint density at radius 3 is 2.59 bits per heavy atom. The highest BCUT2D eigenvalue weighted by Gasteiger charge is 2.27. The molecule has 0 N–H and O–H groups in total. The number of piperidine rings is 1. The van der Waals surface area contributed by atoms with E-state index >= 15 is 0 Å². The number of likely N-dealkylation sites (tertiary alicyclic amines) is 1. The van der Waals surface area contributed by atoms with Gasteiger partial charge in [-0.15, -0.1) is 0 Å². The first-order valence-corrected chi connectivity index (χ1v) is 11.1. The molecular weight excluding hydrogens is 402 g/mol. The lowest BCUT2D eigenvalue weighted by molar-refractivity contribution is 0.0811. The van der Waals surface area contributed by atoms with E-state index in [2.05, 4.69) is 27.0 Å². The lowest BCUT2D eigenvalue weighted by Crippen LogP contribution is -2.38. The summed E-state index contributed by atoms with van der Waals surface area (Å²) in [5, 5.41) is 0. The average Bonchev–Trinajstić information content (AvgIpc) is 2.80. The number of aromatic nitrogens is 2. The Balaban J connectivity index is 1.35. The highest BCUT2D eigenvalue weighted by Crippen LogP contribution is 2.25. The molecule has 1 aromatic heterocycles. The number of carbonyl (C=O) groups is 1. The molecule has 166 valence electrons. The molecule has 1 saturated heterocycles. The van der Waals surface area contributed by atoms with Gasteiger partial charge in [0.15, 0.2) is 5.78 Å². The van der Waals surface area contributed by atoms with E-state index in [9.17, 15) is 4.79 Å². The Hall–Kier alpha value is -3.25. The zero-order valence-corrected chi connectivity index (χ0v) is 18.6. The van der Waals surface area contributed by atoms with Crippen LogP contribution in [0.3, 0.4) is 0 Å². The van der Waals surface area contributed by atoms with Gasteiger partial charge in [-0.05, 0) is 69.1 Å². The van der Waals surface area contributed by atoms with E-state index in [0.29, 0.717) is 11.8 Å². The summed E-state index contributed by atoms with van der Waals surface area (Å²) in [4.78, 5) is 23.7. The number of ketones is 1. The van der Waals surface area contributed by atoms with E-state index in [-0.39, 0.29) is 17.8 Å². The Morgan fingerprint density at radius 2 is 1.84 bits per heavy atom. The first-order valence-electron chi connectivity index (χ1n) is 11.1. The third kappa shape index (κ3) is 5.92. The molecule has 0 amide bonds. The minimum absolute atomic E-state index is 0.0101. The zero-order valence-electron chi connectivity index (χ0n) is 18.6. The van der Waals surface area contributed by atoms with Gasteiger partial charge in [-0.3, -0.25) is 9.69 Å². The molecule has 4 rings (SSSR count). The molecule has 0 radical (unpaired) electrons. The van der Waals surface area contributed by atoms with Crippen LogP contribution in [0, 0.1) is 5.92 Å². The van der Waals surface area contributed by atoms with Crippen LogP contribution in [0.1, 0.15) is 42.6 Å². The molecule has 0 bridgehead atoms. The molecule has 2 heterocycles. The van der Waals surface area contributed by atoms with E-state index in [1.54, 1.807) is 18.5 Å². The molecule has 1 aliphatic rings. The summed E-state index contributed by atoms with van der Waals surface area (Å²) in [7, 11) is 0. The molecule has 0 saturated carbocycles. The van der Waals surface area contributed by atoms with Crippen LogP contribution in [-0.4, -0.2) is 39.8 Å². The quantitative estimate of drug-likeness (QED) is 0.460. The monoisotopic (exact) mass is 431 g/mol. The van der Waals surface area contributed by atoms with Crippen LogP contribution in [0.2, 0.25) is 0 Å². The maximum absolute atomic E-state index is 13.1. The molecule has 6 nitrogen and oxygen atoms in total. The SMILES string of the molecule is CC(C)Oc1cccc(C(=O)[C@@H]2CCCN(Cc3ccc(Oc4ncccn4)cc3)C2)c1. The van der Waals surface area contributed by atoms with Crippen LogP contribution >= 0.6 is 0 Å². The Labute approximate surface area is 189 Å². The van der Waals surface area contributed by atoms with E-state index < -0.39 is 0 Å². The zero-order chi connectivity index (χ0) is 22.3. The minimum atomic E-state index is 0.0101. The summed E-state index contributed by atoms with van der Waals surface area (Å²) in [5.74, 6) is 1.67. The van der Waals surface area contributed by atoms with Crippen LogP contribution in [0.5, 0.6) is 17.5 Å². The van der Waals surface area contributed by atoms with Crippen LogP contribution in [0.25, 0.3) is 0 Å². The number of carbonyl (C=O) groups excluding carboxylic acids is 1. The molecule has 32 heavy (non-hydrogen) atoms. The second-order valence-electron chi connectivity index (χ2n) is 8.41. The van der Waals surface area contributed by atoms with Gasteiger partial charge in [0.05, 0.1) is 6.10 Å². The van der Waals surface area contributed by atoms with E-state index in [1.165, 1.54) is 5.56 Å². The summed E-state index contributed by atoms with van der Waals surface area (Å²) in [5.41, 5.74) is 1.92. The van der Waals surface area contributed by atoms with E-state index in [1.807, 2.05) is 50.2 Å². The van der Waals surface area contributed by atoms with Crippen molar-refractivity contribution in [3.63, 3.8) is 0 Å². The number of nitrogens with zero attached hydrogens (tertiary/aromatic N) is 3. The fourth-order valence-corrected chi connectivity index (χ4v) is 4.01. The number of ether oxygens (including phenoxy) is 2. The summed E-state index contributed by atoms with van der Waals surface area (Å²) < 4.78 is 11.4. The van der Waals surface area contributed by atoms with Crippen LogP contribution in [0.15, 0.2) is 67.0 Å². The second kappa shape index (κ2) is 10.4. The second-order valence-corrected chi connectivity index (χ2v) is 8.41. The van der Waals surface area contributed by atoms with Crippen molar-refractivity contribution in [2.75, 3.05) is 13.1 Å². The maximum atomic E-state index is 13.1. The van der Waals surface area contributed by atoms with Gasteiger partial charge in [0.25, 0.3) is 0 Å². The van der Waals surface area contributed by atoms with Crippen molar-refractivity contribution in [3.05, 3.63) is 78.1 Å². The fourth-order valence-electron chi connectivity index (χ4n) is 4.01. The van der Waals surface area contributed by atoms with Gasteiger partial charge >= 0.3 is 6.01 Å². The highest BCUT2D eigenvalue weighted by atomic mass is 16.5. The van der Waals surface area contributed by atoms with Gasteiger partial charge in [-0.25, -0.2) is 9.97 Å². The molecule has 1 fully saturated rings.